The summed E-state index contributed by atoms with van der Waals surface area (Å²) in [5.41, 5.74) is 17.4. The standard InChI is InChI=1S/C70H63N3S/c1-42-18-12-16-22-57(42)71(49-29-24-46(25-30-49)68(3,4)5)60-35-33-53-54-36-44-37-56-63(39-45(44)38-61(54)73-59-34-28-48(70(9,10)11)40-55(59)66(60)67(53)73)74-64-41-62(51-20-14-15-21-52(51)65(56)64)72(58-23-17-13-19-43(58)2)50-31-26-47(27-32-50)69(6,7)8/h12-41H,1-11H3. The highest BCUT2D eigenvalue weighted by Gasteiger charge is 2.28. The Hall–Kier alpha value is -7.66. The van der Waals surface area contributed by atoms with Crippen LogP contribution in [0.15, 0.2) is 182 Å². The molecule has 0 spiro atoms. The molecule has 10 aromatic carbocycles. The predicted octanol–water partition coefficient (Wildman–Crippen LogP) is 21.0. The summed E-state index contributed by atoms with van der Waals surface area (Å²) in [6.45, 7) is 25.2. The summed E-state index contributed by atoms with van der Waals surface area (Å²) in [7, 11) is 0. The number of hydrogen-bond acceptors (Lipinski definition) is 3. The van der Waals surface area contributed by atoms with Crippen LogP contribution in [0.25, 0.3) is 79.8 Å². The molecule has 0 bridgehead atoms. The van der Waals surface area contributed by atoms with E-state index in [4.69, 9.17) is 0 Å². The van der Waals surface area contributed by atoms with E-state index in [1.807, 2.05) is 11.3 Å². The van der Waals surface area contributed by atoms with Crippen LogP contribution < -0.4 is 9.80 Å². The van der Waals surface area contributed by atoms with Crippen molar-refractivity contribution in [3.63, 3.8) is 0 Å². The van der Waals surface area contributed by atoms with Gasteiger partial charge in [0.15, 0.2) is 0 Å². The Kier molecular flexibility index (Phi) is 10.2. The minimum Gasteiger partial charge on any atom is -0.310 e. The minimum atomic E-state index is -0.0186. The summed E-state index contributed by atoms with van der Waals surface area (Å²) in [5, 5.41) is 12.8. The van der Waals surface area contributed by atoms with Gasteiger partial charge in [-0.2, -0.15) is 0 Å². The van der Waals surface area contributed by atoms with Crippen molar-refractivity contribution in [1.29, 1.82) is 0 Å². The molecule has 364 valence electrons. The summed E-state index contributed by atoms with van der Waals surface area (Å²) in [4.78, 5) is 4.99. The van der Waals surface area contributed by atoms with E-state index >= 15 is 0 Å². The third-order valence-corrected chi connectivity index (χ3v) is 17.1. The normalized spacial score (nSPS) is 12.8. The molecular formula is C70H63N3S. The maximum absolute atomic E-state index is 2.58. The molecule has 13 aromatic rings. The molecule has 0 aliphatic carbocycles. The fraction of sp³-hybridized carbons (Fsp3) is 0.200. The van der Waals surface area contributed by atoms with E-state index in [1.54, 1.807) is 0 Å². The summed E-state index contributed by atoms with van der Waals surface area (Å²) >= 11 is 1.91. The van der Waals surface area contributed by atoms with Gasteiger partial charge in [-0.15, -0.1) is 11.3 Å². The lowest BCUT2D eigenvalue weighted by Gasteiger charge is -2.29. The molecule has 13 rings (SSSR count). The Morgan fingerprint density at radius 1 is 0.351 bits per heavy atom. The summed E-state index contributed by atoms with van der Waals surface area (Å²) < 4.78 is 5.17. The summed E-state index contributed by atoms with van der Waals surface area (Å²) in [6, 6.07) is 69.5. The quantitative estimate of drug-likeness (QED) is 0.164. The maximum Gasteiger partial charge on any atom is 0.0641 e. The van der Waals surface area contributed by atoms with Crippen molar-refractivity contribution in [3.8, 4) is 0 Å². The lowest BCUT2D eigenvalue weighted by atomic mass is 9.86. The van der Waals surface area contributed by atoms with Crippen LogP contribution >= 0.6 is 11.3 Å². The van der Waals surface area contributed by atoms with Crippen LogP contribution in [-0.2, 0) is 16.2 Å². The van der Waals surface area contributed by atoms with Crippen molar-refractivity contribution in [1.82, 2.24) is 4.40 Å². The molecule has 3 nitrogen and oxygen atoms in total. The van der Waals surface area contributed by atoms with E-state index in [9.17, 15) is 0 Å². The van der Waals surface area contributed by atoms with Gasteiger partial charge in [0.1, 0.15) is 0 Å². The molecular weight excluding hydrogens is 915 g/mol. The van der Waals surface area contributed by atoms with E-state index in [2.05, 4.69) is 272 Å². The van der Waals surface area contributed by atoms with Crippen molar-refractivity contribution in [2.75, 3.05) is 9.80 Å². The molecule has 0 fully saturated rings. The second-order valence-electron chi connectivity index (χ2n) is 24.0. The maximum atomic E-state index is 2.58. The van der Waals surface area contributed by atoms with Gasteiger partial charge < -0.3 is 14.2 Å². The van der Waals surface area contributed by atoms with Crippen molar-refractivity contribution in [2.24, 2.45) is 0 Å². The fourth-order valence-electron chi connectivity index (χ4n) is 11.9. The first-order valence-electron chi connectivity index (χ1n) is 26.3. The van der Waals surface area contributed by atoms with Gasteiger partial charge >= 0.3 is 0 Å². The summed E-state index contributed by atoms with van der Waals surface area (Å²) in [6.07, 6.45) is 0. The van der Waals surface area contributed by atoms with Crippen molar-refractivity contribution >= 4 is 125 Å². The number of aromatic nitrogens is 1. The number of thiophene rings is 1. The highest BCUT2D eigenvalue weighted by atomic mass is 32.1. The molecule has 0 unspecified atom stereocenters. The lowest BCUT2D eigenvalue weighted by molar-refractivity contribution is 0.590. The number of aryl methyl sites for hydroxylation is 2. The van der Waals surface area contributed by atoms with Crippen molar-refractivity contribution in [2.45, 2.75) is 92.4 Å². The van der Waals surface area contributed by atoms with Crippen LogP contribution in [0, 0.1) is 13.8 Å². The zero-order chi connectivity index (χ0) is 51.2. The highest BCUT2D eigenvalue weighted by Crippen LogP contribution is 2.51. The Morgan fingerprint density at radius 2 is 0.878 bits per heavy atom. The van der Waals surface area contributed by atoms with Crippen LogP contribution in [0.1, 0.15) is 90.1 Å². The van der Waals surface area contributed by atoms with Gasteiger partial charge in [0.05, 0.1) is 27.9 Å². The van der Waals surface area contributed by atoms with Gasteiger partial charge in [0, 0.05) is 69.9 Å². The van der Waals surface area contributed by atoms with Crippen LogP contribution in [0.5, 0.6) is 0 Å². The minimum absolute atomic E-state index is 0.0186. The van der Waals surface area contributed by atoms with Crippen LogP contribution in [-0.4, -0.2) is 4.40 Å². The van der Waals surface area contributed by atoms with Crippen LogP contribution in [0.3, 0.4) is 0 Å². The number of nitrogens with zero attached hydrogens (tertiary/aromatic N) is 3. The van der Waals surface area contributed by atoms with Crippen molar-refractivity contribution < 1.29 is 0 Å². The predicted molar refractivity (Wildman–Crippen MR) is 324 cm³/mol. The Morgan fingerprint density at radius 3 is 1.47 bits per heavy atom. The molecule has 0 radical (unpaired) electrons. The second-order valence-corrected chi connectivity index (χ2v) is 25.1. The SMILES string of the molecule is Cc1ccccc1N(c1ccc(C(C)(C)C)cc1)c1cc2sc3cc4cc5c(cc4cc3c2c2ccccc12)c1ccc(N(c2ccc(C(C)(C)C)cc2)c2ccccc2C)c2c3cc(C(C)(C)C)ccc3n5c12. The molecule has 0 aliphatic rings. The third-order valence-electron chi connectivity index (χ3n) is 16.0. The van der Waals surface area contributed by atoms with Crippen molar-refractivity contribution in [3.05, 3.63) is 210 Å². The topological polar surface area (TPSA) is 10.9 Å². The zero-order valence-corrected chi connectivity index (χ0v) is 45.4. The first kappa shape index (κ1) is 46.1. The van der Waals surface area contributed by atoms with E-state index in [1.165, 1.54) is 130 Å². The first-order valence-corrected chi connectivity index (χ1v) is 27.1. The van der Waals surface area contributed by atoms with Gasteiger partial charge in [-0.3, -0.25) is 0 Å². The number of benzene rings is 10. The summed E-state index contributed by atoms with van der Waals surface area (Å²) in [5.74, 6) is 0. The third kappa shape index (κ3) is 7.20. The number of rotatable bonds is 6. The Balaban J connectivity index is 1.05. The van der Waals surface area contributed by atoms with E-state index in [0.29, 0.717) is 0 Å². The van der Waals surface area contributed by atoms with Crippen LogP contribution in [0.4, 0.5) is 34.1 Å². The molecule has 3 heterocycles. The Bertz CT molecular complexity index is 4380. The molecule has 74 heavy (non-hydrogen) atoms. The molecule has 0 aliphatic heterocycles. The molecule has 0 atom stereocenters. The zero-order valence-electron chi connectivity index (χ0n) is 44.6. The van der Waals surface area contributed by atoms with Gasteiger partial charge in [-0.1, -0.05) is 159 Å². The Labute approximate surface area is 439 Å². The van der Waals surface area contributed by atoms with E-state index in [0.717, 1.165) is 11.4 Å². The molecule has 3 aromatic heterocycles. The van der Waals surface area contributed by atoms with Gasteiger partial charge in [0.25, 0.3) is 0 Å². The van der Waals surface area contributed by atoms with Gasteiger partial charge in [-0.25, -0.2) is 0 Å². The second kappa shape index (κ2) is 16.4. The number of hydrogen-bond donors (Lipinski definition) is 0. The van der Waals surface area contributed by atoms with Crippen LogP contribution in [0.2, 0.25) is 0 Å². The monoisotopic (exact) mass is 977 g/mol. The average Bonchev–Trinajstić information content (AvgIpc) is 4.03. The fourth-order valence-corrected chi connectivity index (χ4v) is 13.1. The lowest BCUT2D eigenvalue weighted by Crippen LogP contribution is -2.14. The molecule has 0 saturated carbocycles. The highest BCUT2D eigenvalue weighted by molar-refractivity contribution is 7.26. The largest absolute Gasteiger partial charge is 0.310 e. The number of fused-ring (bicyclic) bond motifs is 12. The van der Waals surface area contributed by atoms with E-state index in [-0.39, 0.29) is 16.2 Å². The number of para-hydroxylation sites is 2. The smallest absolute Gasteiger partial charge is 0.0641 e. The molecule has 0 saturated heterocycles. The van der Waals surface area contributed by atoms with Gasteiger partial charge in [0.2, 0.25) is 0 Å². The number of anilines is 6. The average molecular weight is 978 g/mol. The molecule has 0 N–H and O–H groups in total. The van der Waals surface area contributed by atoms with E-state index < -0.39 is 0 Å². The molecule has 4 heteroatoms. The molecule has 0 amide bonds. The first-order chi connectivity index (χ1) is 35.4. The van der Waals surface area contributed by atoms with Gasteiger partial charge in [-0.05, 0) is 159 Å².